The largest absolute Gasteiger partial charge is 0.384 e. The van der Waals surface area contributed by atoms with E-state index in [4.69, 9.17) is 4.74 Å². The SMILES string of the molecule is CC(O)C(=O)N1CCOC(c2ccccc2F)C1. The molecule has 0 radical (unpaired) electrons. The summed E-state index contributed by atoms with van der Waals surface area (Å²) in [5, 5.41) is 9.28. The zero-order valence-corrected chi connectivity index (χ0v) is 10.2. The van der Waals surface area contributed by atoms with E-state index in [0.717, 1.165) is 0 Å². The second-order valence-electron chi connectivity index (χ2n) is 4.34. The molecule has 1 fully saturated rings. The van der Waals surface area contributed by atoms with Gasteiger partial charge in [-0.3, -0.25) is 4.79 Å². The van der Waals surface area contributed by atoms with Gasteiger partial charge in [0.25, 0.3) is 5.91 Å². The van der Waals surface area contributed by atoms with Crippen LogP contribution in [-0.4, -0.2) is 41.7 Å². The summed E-state index contributed by atoms with van der Waals surface area (Å²) in [4.78, 5) is 13.2. The van der Waals surface area contributed by atoms with Crippen molar-refractivity contribution in [2.75, 3.05) is 19.7 Å². The Morgan fingerprint density at radius 3 is 2.94 bits per heavy atom. The van der Waals surface area contributed by atoms with Crippen LogP contribution in [0.4, 0.5) is 4.39 Å². The van der Waals surface area contributed by atoms with Crippen molar-refractivity contribution in [1.82, 2.24) is 4.90 Å². The van der Waals surface area contributed by atoms with Crippen LogP contribution in [0, 0.1) is 5.82 Å². The number of morpholine rings is 1. The van der Waals surface area contributed by atoms with Crippen LogP contribution < -0.4 is 0 Å². The lowest BCUT2D eigenvalue weighted by atomic mass is 10.1. The first-order valence-electron chi connectivity index (χ1n) is 5.92. The fourth-order valence-corrected chi connectivity index (χ4v) is 2.04. The Morgan fingerprint density at radius 2 is 2.28 bits per heavy atom. The van der Waals surface area contributed by atoms with E-state index in [1.54, 1.807) is 18.2 Å². The van der Waals surface area contributed by atoms with E-state index in [0.29, 0.717) is 18.7 Å². The molecule has 0 bridgehead atoms. The highest BCUT2D eigenvalue weighted by Crippen LogP contribution is 2.24. The van der Waals surface area contributed by atoms with Crippen LogP contribution in [0.5, 0.6) is 0 Å². The summed E-state index contributed by atoms with van der Waals surface area (Å²) in [6.45, 7) is 2.46. The molecule has 4 nitrogen and oxygen atoms in total. The van der Waals surface area contributed by atoms with Gasteiger partial charge in [-0.15, -0.1) is 0 Å². The number of benzene rings is 1. The molecule has 1 aromatic rings. The van der Waals surface area contributed by atoms with Crippen molar-refractivity contribution in [3.05, 3.63) is 35.6 Å². The molecule has 2 atom stereocenters. The zero-order valence-electron chi connectivity index (χ0n) is 10.2. The summed E-state index contributed by atoms with van der Waals surface area (Å²) in [7, 11) is 0. The first-order chi connectivity index (χ1) is 8.59. The fourth-order valence-electron chi connectivity index (χ4n) is 2.04. The van der Waals surface area contributed by atoms with E-state index in [2.05, 4.69) is 0 Å². The molecule has 1 amide bonds. The van der Waals surface area contributed by atoms with Crippen LogP contribution in [0.25, 0.3) is 0 Å². The Balaban J connectivity index is 2.12. The summed E-state index contributed by atoms with van der Waals surface area (Å²) in [5.74, 6) is -0.687. The molecule has 98 valence electrons. The minimum Gasteiger partial charge on any atom is -0.384 e. The zero-order chi connectivity index (χ0) is 13.1. The maximum atomic E-state index is 13.6. The van der Waals surface area contributed by atoms with Gasteiger partial charge >= 0.3 is 0 Å². The van der Waals surface area contributed by atoms with E-state index in [1.165, 1.54) is 17.9 Å². The van der Waals surface area contributed by atoms with E-state index in [9.17, 15) is 14.3 Å². The first kappa shape index (κ1) is 13.0. The predicted molar refractivity (Wildman–Crippen MR) is 63.4 cm³/mol. The second-order valence-corrected chi connectivity index (χ2v) is 4.34. The molecular weight excluding hydrogens is 237 g/mol. The highest BCUT2D eigenvalue weighted by Gasteiger charge is 2.28. The standard InChI is InChI=1S/C13H16FNO3/c1-9(16)13(17)15-6-7-18-12(8-15)10-4-2-3-5-11(10)14/h2-5,9,12,16H,6-8H2,1H3. The Hall–Kier alpha value is -1.46. The van der Waals surface area contributed by atoms with Crippen LogP contribution in [0.1, 0.15) is 18.6 Å². The molecule has 0 aliphatic carbocycles. The third kappa shape index (κ3) is 2.68. The molecule has 2 rings (SSSR count). The van der Waals surface area contributed by atoms with Crippen molar-refractivity contribution < 1.29 is 19.0 Å². The number of amides is 1. The second kappa shape index (κ2) is 5.46. The van der Waals surface area contributed by atoms with Crippen molar-refractivity contribution in [3.63, 3.8) is 0 Å². The number of hydrogen-bond donors (Lipinski definition) is 1. The van der Waals surface area contributed by atoms with Crippen molar-refractivity contribution in [2.24, 2.45) is 0 Å². The molecule has 0 spiro atoms. The summed E-state index contributed by atoms with van der Waals surface area (Å²) < 4.78 is 19.1. The lowest BCUT2D eigenvalue weighted by Crippen LogP contribution is -2.46. The van der Waals surface area contributed by atoms with Gasteiger partial charge < -0.3 is 14.7 Å². The fraction of sp³-hybridized carbons (Fsp3) is 0.462. The van der Waals surface area contributed by atoms with Crippen molar-refractivity contribution in [1.29, 1.82) is 0 Å². The topological polar surface area (TPSA) is 49.8 Å². The van der Waals surface area contributed by atoms with Crippen molar-refractivity contribution in [3.8, 4) is 0 Å². The molecule has 1 N–H and O–H groups in total. The predicted octanol–water partition coefficient (Wildman–Crippen LogP) is 1.11. The van der Waals surface area contributed by atoms with Crippen molar-refractivity contribution >= 4 is 5.91 Å². The molecule has 1 saturated heterocycles. The molecule has 1 aliphatic rings. The summed E-state index contributed by atoms with van der Waals surface area (Å²) in [6, 6.07) is 6.36. The van der Waals surface area contributed by atoms with Gasteiger partial charge in [0, 0.05) is 12.1 Å². The number of ether oxygens (including phenoxy) is 1. The number of carbonyl (C=O) groups is 1. The number of hydrogen-bond acceptors (Lipinski definition) is 3. The van der Waals surface area contributed by atoms with Crippen molar-refractivity contribution in [2.45, 2.75) is 19.1 Å². The van der Waals surface area contributed by atoms with Crippen LogP contribution in [0.15, 0.2) is 24.3 Å². The lowest BCUT2D eigenvalue weighted by molar-refractivity contribution is -0.147. The van der Waals surface area contributed by atoms with Gasteiger partial charge in [0.2, 0.25) is 0 Å². The molecule has 5 heteroatoms. The van der Waals surface area contributed by atoms with Gasteiger partial charge in [0.15, 0.2) is 0 Å². The minimum absolute atomic E-state index is 0.269. The molecule has 1 heterocycles. The van der Waals surface area contributed by atoms with Gasteiger partial charge in [-0.05, 0) is 13.0 Å². The quantitative estimate of drug-likeness (QED) is 0.859. The normalized spacial score (nSPS) is 21.7. The summed E-state index contributed by atoms with van der Waals surface area (Å²) in [5.41, 5.74) is 0.445. The van der Waals surface area contributed by atoms with Gasteiger partial charge in [-0.1, -0.05) is 18.2 Å². The third-order valence-electron chi connectivity index (χ3n) is 2.99. The van der Waals surface area contributed by atoms with Gasteiger partial charge in [0.05, 0.1) is 13.2 Å². The molecule has 2 unspecified atom stereocenters. The molecule has 18 heavy (non-hydrogen) atoms. The maximum Gasteiger partial charge on any atom is 0.251 e. The maximum absolute atomic E-state index is 13.6. The third-order valence-corrected chi connectivity index (χ3v) is 2.99. The molecule has 0 aromatic heterocycles. The average molecular weight is 253 g/mol. The summed E-state index contributed by atoms with van der Waals surface area (Å²) in [6.07, 6.45) is -1.51. The lowest BCUT2D eigenvalue weighted by Gasteiger charge is -2.34. The highest BCUT2D eigenvalue weighted by molar-refractivity contribution is 5.80. The number of aliphatic hydroxyl groups is 1. The Kier molecular flexibility index (Phi) is 3.93. The molecule has 1 aromatic carbocycles. The number of nitrogens with zero attached hydrogens (tertiary/aromatic N) is 1. The highest BCUT2D eigenvalue weighted by atomic mass is 19.1. The smallest absolute Gasteiger partial charge is 0.251 e. The van der Waals surface area contributed by atoms with Crippen LogP contribution in [0.2, 0.25) is 0 Å². The van der Waals surface area contributed by atoms with Gasteiger partial charge in [0.1, 0.15) is 18.0 Å². The van der Waals surface area contributed by atoms with Crippen LogP contribution in [0.3, 0.4) is 0 Å². The molecular formula is C13H16FNO3. The van der Waals surface area contributed by atoms with Gasteiger partial charge in [-0.25, -0.2) is 4.39 Å². The van der Waals surface area contributed by atoms with E-state index >= 15 is 0 Å². The number of halogens is 1. The Labute approximate surface area is 105 Å². The minimum atomic E-state index is -1.04. The number of carbonyl (C=O) groups excluding carboxylic acids is 1. The Bertz CT molecular complexity index is 436. The average Bonchev–Trinajstić information content (AvgIpc) is 2.38. The van der Waals surface area contributed by atoms with E-state index < -0.39 is 12.2 Å². The van der Waals surface area contributed by atoms with Crippen LogP contribution in [-0.2, 0) is 9.53 Å². The molecule has 1 aliphatic heterocycles. The summed E-state index contributed by atoms with van der Waals surface area (Å²) >= 11 is 0. The van der Waals surface area contributed by atoms with Crippen LogP contribution >= 0.6 is 0 Å². The van der Waals surface area contributed by atoms with Gasteiger partial charge in [-0.2, -0.15) is 0 Å². The first-order valence-corrected chi connectivity index (χ1v) is 5.92. The van der Waals surface area contributed by atoms with E-state index in [-0.39, 0.29) is 18.3 Å². The molecule has 0 saturated carbocycles. The number of aliphatic hydroxyl groups excluding tert-OH is 1. The Morgan fingerprint density at radius 1 is 1.56 bits per heavy atom. The monoisotopic (exact) mass is 253 g/mol. The number of rotatable bonds is 2. The van der Waals surface area contributed by atoms with E-state index in [1.807, 2.05) is 0 Å².